The summed E-state index contributed by atoms with van der Waals surface area (Å²) >= 11 is 0. The summed E-state index contributed by atoms with van der Waals surface area (Å²) in [6, 6.07) is 0. The molecule has 108 valence electrons. The normalized spacial score (nSPS) is 33.9. The standard InChI is InChI=1S/C16H22N2O2/c1-3-20-16(19)15-13-11-5-9-4-10(6-11)8-12(7-9)14(13)17-18(15)2/h9-12H,3-8H2,1-2H3. The van der Waals surface area contributed by atoms with Crippen LogP contribution < -0.4 is 0 Å². The average molecular weight is 274 g/mol. The van der Waals surface area contributed by atoms with Crippen molar-refractivity contribution in [2.75, 3.05) is 6.61 Å². The van der Waals surface area contributed by atoms with E-state index in [2.05, 4.69) is 0 Å². The van der Waals surface area contributed by atoms with Gasteiger partial charge in [0.1, 0.15) is 5.69 Å². The van der Waals surface area contributed by atoms with Crippen molar-refractivity contribution in [2.45, 2.75) is 50.9 Å². The number of hydrogen-bond acceptors (Lipinski definition) is 3. The minimum absolute atomic E-state index is 0.190. The Hall–Kier alpha value is -1.32. The smallest absolute Gasteiger partial charge is 0.356 e. The van der Waals surface area contributed by atoms with E-state index in [1.807, 2.05) is 14.0 Å². The first kappa shape index (κ1) is 12.4. The van der Waals surface area contributed by atoms with E-state index in [-0.39, 0.29) is 5.97 Å². The molecule has 20 heavy (non-hydrogen) atoms. The van der Waals surface area contributed by atoms with E-state index in [0.717, 1.165) is 17.5 Å². The third-order valence-electron chi connectivity index (χ3n) is 5.51. The monoisotopic (exact) mass is 274 g/mol. The number of carbonyl (C=O) groups is 1. The largest absolute Gasteiger partial charge is 0.461 e. The van der Waals surface area contributed by atoms with E-state index >= 15 is 0 Å². The summed E-state index contributed by atoms with van der Waals surface area (Å²) in [5.41, 5.74) is 3.17. The molecule has 0 aliphatic heterocycles. The highest BCUT2D eigenvalue weighted by Gasteiger charge is 2.45. The number of esters is 1. The number of rotatable bonds is 2. The Morgan fingerprint density at radius 3 is 2.50 bits per heavy atom. The molecular weight excluding hydrogens is 252 g/mol. The van der Waals surface area contributed by atoms with Gasteiger partial charge in [-0.3, -0.25) is 4.68 Å². The molecule has 0 radical (unpaired) electrons. The summed E-state index contributed by atoms with van der Waals surface area (Å²) in [6.07, 6.45) is 6.45. The second-order valence-electron chi connectivity index (χ2n) is 6.80. The van der Waals surface area contributed by atoms with Gasteiger partial charge < -0.3 is 4.74 Å². The lowest BCUT2D eigenvalue weighted by atomic mass is 9.67. The van der Waals surface area contributed by atoms with E-state index in [1.54, 1.807) is 4.68 Å². The first-order valence-electron chi connectivity index (χ1n) is 7.91. The third-order valence-corrected chi connectivity index (χ3v) is 5.51. The van der Waals surface area contributed by atoms with Gasteiger partial charge in [-0.25, -0.2) is 4.79 Å². The van der Waals surface area contributed by atoms with Crippen molar-refractivity contribution in [1.82, 2.24) is 9.78 Å². The third kappa shape index (κ3) is 1.66. The summed E-state index contributed by atoms with van der Waals surface area (Å²) in [4.78, 5) is 12.3. The maximum Gasteiger partial charge on any atom is 0.356 e. The fourth-order valence-electron chi connectivity index (χ4n) is 5.02. The van der Waals surface area contributed by atoms with Crippen LogP contribution >= 0.6 is 0 Å². The predicted molar refractivity (Wildman–Crippen MR) is 74.7 cm³/mol. The topological polar surface area (TPSA) is 44.1 Å². The summed E-state index contributed by atoms with van der Waals surface area (Å²) in [7, 11) is 1.89. The molecule has 2 fully saturated rings. The Morgan fingerprint density at radius 2 is 1.85 bits per heavy atom. The lowest BCUT2D eigenvalue weighted by molar-refractivity contribution is 0.0510. The number of nitrogens with zero attached hydrogens (tertiary/aromatic N) is 2. The SMILES string of the molecule is CCOC(=O)c1c2c(nn1C)C1CC3CC(C1)CC2C3. The van der Waals surface area contributed by atoms with Crippen molar-refractivity contribution < 1.29 is 9.53 Å². The van der Waals surface area contributed by atoms with Crippen LogP contribution in [0, 0.1) is 11.8 Å². The highest BCUT2D eigenvalue weighted by atomic mass is 16.5. The van der Waals surface area contributed by atoms with Crippen LogP contribution in [-0.2, 0) is 11.8 Å². The van der Waals surface area contributed by atoms with E-state index in [4.69, 9.17) is 9.84 Å². The van der Waals surface area contributed by atoms with Crippen LogP contribution in [0.15, 0.2) is 0 Å². The molecule has 2 atom stereocenters. The van der Waals surface area contributed by atoms with Crippen molar-refractivity contribution in [2.24, 2.45) is 18.9 Å². The van der Waals surface area contributed by atoms with Crippen LogP contribution in [0.5, 0.6) is 0 Å². The maximum absolute atomic E-state index is 12.3. The Labute approximate surface area is 119 Å². The number of hydrogen-bond donors (Lipinski definition) is 0. The van der Waals surface area contributed by atoms with Gasteiger partial charge in [-0.15, -0.1) is 0 Å². The van der Waals surface area contributed by atoms with Gasteiger partial charge in [0, 0.05) is 18.5 Å². The lowest BCUT2D eigenvalue weighted by Crippen LogP contribution is -2.26. The van der Waals surface area contributed by atoms with Gasteiger partial charge in [0.15, 0.2) is 0 Å². The molecule has 1 aromatic heterocycles. The molecule has 1 heterocycles. The van der Waals surface area contributed by atoms with Crippen LogP contribution in [0.4, 0.5) is 0 Å². The Morgan fingerprint density at radius 1 is 1.20 bits per heavy atom. The highest BCUT2D eigenvalue weighted by Crippen LogP contribution is 2.56. The summed E-state index contributed by atoms with van der Waals surface area (Å²) in [5, 5.41) is 4.73. The summed E-state index contributed by atoms with van der Waals surface area (Å²) < 4.78 is 7.03. The minimum atomic E-state index is -0.190. The number of aryl methyl sites for hydroxylation is 1. The summed E-state index contributed by atoms with van der Waals surface area (Å²) in [6.45, 7) is 2.29. The Balaban J connectivity index is 1.84. The minimum Gasteiger partial charge on any atom is -0.461 e. The van der Waals surface area contributed by atoms with Gasteiger partial charge in [-0.05, 0) is 56.8 Å². The number of aromatic nitrogens is 2. The first-order chi connectivity index (χ1) is 9.67. The van der Waals surface area contributed by atoms with Crippen LogP contribution in [0.2, 0.25) is 0 Å². The molecule has 4 heteroatoms. The number of carbonyl (C=O) groups excluding carboxylic acids is 1. The molecule has 0 saturated heterocycles. The van der Waals surface area contributed by atoms with Crippen LogP contribution in [-0.4, -0.2) is 22.4 Å². The van der Waals surface area contributed by atoms with Gasteiger partial charge in [0.25, 0.3) is 0 Å². The molecule has 2 saturated carbocycles. The average Bonchev–Trinajstić information content (AvgIpc) is 2.67. The molecular formula is C16H22N2O2. The Kier molecular flexibility index (Phi) is 2.69. The van der Waals surface area contributed by atoms with E-state index in [9.17, 15) is 4.79 Å². The van der Waals surface area contributed by atoms with Crippen molar-refractivity contribution in [1.29, 1.82) is 0 Å². The van der Waals surface area contributed by atoms with Crippen LogP contribution in [0.1, 0.15) is 72.6 Å². The van der Waals surface area contributed by atoms with Gasteiger partial charge in [-0.1, -0.05) is 0 Å². The van der Waals surface area contributed by atoms with Crippen LogP contribution in [0.25, 0.3) is 0 Å². The molecule has 0 amide bonds. The second kappa shape index (κ2) is 4.34. The van der Waals surface area contributed by atoms with Crippen molar-refractivity contribution in [3.63, 3.8) is 0 Å². The van der Waals surface area contributed by atoms with Crippen molar-refractivity contribution in [3.05, 3.63) is 17.0 Å². The summed E-state index contributed by atoms with van der Waals surface area (Å²) in [5.74, 6) is 2.63. The van der Waals surface area contributed by atoms with Gasteiger partial charge in [0.2, 0.25) is 0 Å². The fourth-order valence-corrected chi connectivity index (χ4v) is 5.02. The van der Waals surface area contributed by atoms with E-state index in [1.165, 1.54) is 43.4 Å². The molecule has 0 spiro atoms. The molecule has 4 nitrogen and oxygen atoms in total. The molecule has 0 aromatic carbocycles. The second-order valence-corrected chi connectivity index (χ2v) is 6.80. The number of ether oxygens (including phenoxy) is 1. The van der Waals surface area contributed by atoms with Crippen LogP contribution in [0.3, 0.4) is 0 Å². The fraction of sp³-hybridized carbons (Fsp3) is 0.750. The molecule has 4 aliphatic rings. The zero-order chi connectivity index (χ0) is 13.9. The quantitative estimate of drug-likeness (QED) is 0.779. The molecule has 0 N–H and O–H groups in total. The van der Waals surface area contributed by atoms with E-state index in [0.29, 0.717) is 18.4 Å². The zero-order valence-corrected chi connectivity index (χ0v) is 12.3. The van der Waals surface area contributed by atoms with Gasteiger partial charge in [0.05, 0.1) is 12.3 Å². The van der Waals surface area contributed by atoms with Gasteiger partial charge in [-0.2, -0.15) is 5.10 Å². The van der Waals surface area contributed by atoms with Crippen molar-refractivity contribution >= 4 is 5.97 Å². The molecule has 5 rings (SSSR count). The molecule has 4 aliphatic carbocycles. The van der Waals surface area contributed by atoms with Crippen molar-refractivity contribution in [3.8, 4) is 0 Å². The maximum atomic E-state index is 12.3. The Bertz CT molecular complexity index is 549. The molecule has 1 aromatic rings. The molecule has 2 unspecified atom stereocenters. The lowest BCUT2D eigenvalue weighted by Gasteiger charge is -2.38. The predicted octanol–water partition coefficient (Wildman–Crippen LogP) is 2.99. The highest BCUT2D eigenvalue weighted by molar-refractivity contribution is 5.90. The van der Waals surface area contributed by atoms with E-state index < -0.39 is 0 Å². The molecule has 4 bridgehead atoms. The van der Waals surface area contributed by atoms with Gasteiger partial charge >= 0.3 is 5.97 Å². The zero-order valence-electron chi connectivity index (χ0n) is 12.3. The first-order valence-corrected chi connectivity index (χ1v) is 7.91.